The first-order valence-electron chi connectivity index (χ1n) is 4.21. The largest absolute Gasteiger partial charge is 0.382 e. The minimum atomic E-state index is -0.108. The lowest BCUT2D eigenvalue weighted by atomic mass is 10.4. The smallest absolute Gasteiger partial charge is 0.183 e. The van der Waals surface area contributed by atoms with E-state index in [4.69, 9.17) is 10.5 Å². The minimum absolute atomic E-state index is 0.108. The first kappa shape index (κ1) is 8.89. The Balaban J connectivity index is 2.56. The van der Waals surface area contributed by atoms with Gasteiger partial charge in [-0.1, -0.05) is 0 Å². The highest BCUT2D eigenvalue weighted by Gasteiger charge is 2.11. The zero-order valence-corrected chi connectivity index (χ0v) is 7.98. The van der Waals surface area contributed by atoms with Crippen LogP contribution in [-0.4, -0.2) is 27.0 Å². The Kier molecular flexibility index (Phi) is 2.05. The van der Waals surface area contributed by atoms with Crippen molar-refractivity contribution in [1.82, 2.24) is 19.9 Å². The van der Waals surface area contributed by atoms with Crippen LogP contribution in [0.4, 0.5) is 5.82 Å². The molecule has 2 rings (SSSR count). The fourth-order valence-corrected chi connectivity index (χ4v) is 1.17. The number of fused-ring (bicyclic) bond motifs is 1. The fourth-order valence-electron chi connectivity index (χ4n) is 1.17. The number of methoxy groups -OCH3 is 1. The van der Waals surface area contributed by atoms with Crippen LogP contribution >= 0.6 is 0 Å². The van der Waals surface area contributed by atoms with Gasteiger partial charge in [0.25, 0.3) is 0 Å². The van der Waals surface area contributed by atoms with Gasteiger partial charge in [-0.2, -0.15) is 0 Å². The Bertz CT molecular complexity index is 452. The number of nitrogens with one attached hydrogen (secondary N) is 1. The molecular weight excluding hydrogens is 182 g/mol. The lowest BCUT2D eigenvalue weighted by Crippen LogP contribution is -1.97. The van der Waals surface area contributed by atoms with Crippen molar-refractivity contribution in [3.8, 4) is 0 Å². The Morgan fingerprint density at radius 1 is 1.50 bits per heavy atom. The summed E-state index contributed by atoms with van der Waals surface area (Å²) in [7, 11) is 1.62. The van der Waals surface area contributed by atoms with Gasteiger partial charge in [-0.05, 0) is 6.92 Å². The van der Waals surface area contributed by atoms with Crippen LogP contribution < -0.4 is 5.73 Å². The highest BCUT2D eigenvalue weighted by atomic mass is 16.5. The van der Waals surface area contributed by atoms with E-state index in [2.05, 4.69) is 19.9 Å². The number of hydrogen-bond donors (Lipinski definition) is 2. The summed E-state index contributed by atoms with van der Waals surface area (Å²) >= 11 is 0. The zero-order chi connectivity index (χ0) is 10.1. The van der Waals surface area contributed by atoms with Crippen molar-refractivity contribution in [2.75, 3.05) is 12.8 Å². The predicted molar refractivity (Wildman–Crippen MR) is 51.5 cm³/mol. The number of aromatic nitrogens is 4. The van der Waals surface area contributed by atoms with Gasteiger partial charge < -0.3 is 15.5 Å². The molecule has 6 nitrogen and oxygen atoms in total. The van der Waals surface area contributed by atoms with Gasteiger partial charge >= 0.3 is 0 Å². The SMILES string of the molecule is COC(C)c1nc2ncnc(N)c2[nH]1. The molecule has 0 aliphatic rings. The van der Waals surface area contributed by atoms with E-state index < -0.39 is 0 Å². The maximum atomic E-state index is 5.65. The molecule has 0 saturated carbocycles. The van der Waals surface area contributed by atoms with E-state index in [9.17, 15) is 0 Å². The molecule has 0 amide bonds. The Labute approximate surface area is 80.5 Å². The Morgan fingerprint density at radius 2 is 2.29 bits per heavy atom. The van der Waals surface area contributed by atoms with Crippen LogP contribution in [0.15, 0.2) is 6.33 Å². The van der Waals surface area contributed by atoms with Crippen molar-refractivity contribution in [2.24, 2.45) is 0 Å². The summed E-state index contributed by atoms with van der Waals surface area (Å²) in [6.07, 6.45) is 1.28. The van der Waals surface area contributed by atoms with Gasteiger partial charge in [0.1, 0.15) is 23.8 Å². The van der Waals surface area contributed by atoms with Gasteiger partial charge in [-0.25, -0.2) is 15.0 Å². The number of nitrogens with two attached hydrogens (primary N) is 1. The van der Waals surface area contributed by atoms with Crippen molar-refractivity contribution >= 4 is 17.0 Å². The van der Waals surface area contributed by atoms with Crippen molar-refractivity contribution in [3.63, 3.8) is 0 Å². The summed E-state index contributed by atoms with van der Waals surface area (Å²) in [5.74, 6) is 1.10. The number of H-pyrrole nitrogens is 1. The summed E-state index contributed by atoms with van der Waals surface area (Å²) in [4.78, 5) is 15.1. The van der Waals surface area contributed by atoms with Gasteiger partial charge in [0.05, 0.1) is 0 Å². The second-order valence-electron chi connectivity index (χ2n) is 2.96. The van der Waals surface area contributed by atoms with Crippen LogP contribution in [0.25, 0.3) is 11.2 Å². The van der Waals surface area contributed by atoms with Gasteiger partial charge in [0, 0.05) is 7.11 Å². The first-order valence-corrected chi connectivity index (χ1v) is 4.21. The van der Waals surface area contributed by atoms with Crippen LogP contribution in [-0.2, 0) is 4.74 Å². The molecule has 0 radical (unpaired) electrons. The maximum absolute atomic E-state index is 5.65. The molecule has 2 aromatic rings. The van der Waals surface area contributed by atoms with Gasteiger partial charge in [0.2, 0.25) is 0 Å². The topological polar surface area (TPSA) is 89.7 Å². The number of ether oxygens (including phenoxy) is 1. The minimum Gasteiger partial charge on any atom is -0.382 e. The van der Waals surface area contributed by atoms with Crippen molar-refractivity contribution in [3.05, 3.63) is 12.2 Å². The first-order chi connectivity index (χ1) is 6.72. The monoisotopic (exact) mass is 193 g/mol. The van der Waals surface area contributed by atoms with Crippen LogP contribution in [0, 0.1) is 0 Å². The summed E-state index contributed by atoms with van der Waals surface area (Å²) in [5, 5.41) is 0. The van der Waals surface area contributed by atoms with E-state index in [0.29, 0.717) is 22.8 Å². The molecule has 1 atom stereocenters. The van der Waals surface area contributed by atoms with Gasteiger partial charge in [-0.3, -0.25) is 0 Å². The van der Waals surface area contributed by atoms with Crippen LogP contribution in [0.2, 0.25) is 0 Å². The van der Waals surface area contributed by atoms with E-state index in [1.165, 1.54) is 6.33 Å². The van der Waals surface area contributed by atoms with Gasteiger partial charge in [-0.15, -0.1) is 0 Å². The highest BCUT2D eigenvalue weighted by Crippen LogP contribution is 2.18. The summed E-state index contributed by atoms with van der Waals surface area (Å²) < 4.78 is 5.12. The molecule has 0 spiro atoms. The zero-order valence-electron chi connectivity index (χ0n) is 7.98. The average Bonchev–Trinajstić information content (AvgIpc) is 2.62. The molecule has 2 heterocycles. The van der Waals surface area contributed by atoms with E-state index in [1.54, 1.807) is 7.11 Å². The normalized spacial score (nSPS) is 13.3. The number of anilines is 1. The number of imidazole rings is 1. The second-order valence-corrected chi connectivity index (χ2v) is 2.96. The standard InChI is InChI=1S/C8H11N5O/c1-4(14-2)7-12-5-6(9)10-3-11-8(5)13-7/h3-4H,1-2H3,(H3,9,10,11,12,13). The van der Waals surface area contributed by atoms with Crippen molar-refractivity contribution in [1.29, 1.82) is 0 Å². The predicted octanol–water partition coefficient (Wildman–Crippen LogP) is 0.643. The number of nitrogens with zero attached hydrogens (tertiary/aromatic N) is 3. The van der Waals surface area contributed by atoms with E-state index >= 15 is 0 Å². The maximum Gasteiger partial charge on any atom is 0.183 e. The molecule has 0 saturated heterocycles. The van der Waals surface area contributed by atoms with Gasteiger partial charge in [0.15, 0.2) is 11.5 Å². The number of hydrogen-bond acceptors (Lipinski definition) is 5. The van der Waals surface area contributed by atoms with Crippen LogP contribution in [0.5, 0.6) is 0 Å². The van der Waals surface area contributed by atoms with E-state index in [0.717, 1.165) is 0 Å². The fraction of sp³-hybridized carbons (Fsp3) is 0.375. The van der Waals surface area contributed by atoms with Crippen LogP contribution in [0.3, 0.4) is 0 Å². The Hall–Kier alpha value is -1.69. The molecule has 0 bridgehead atoms. The molecule has 0 aliphatic heterocycles. The second kappa shape index (κ2) is 3.22. The molecule has 2 aromatic heterocycles. The summed E-state index contributed by atoms with van der Waals surface area (Å²) in [6, 6.07) is 0. The summed E-state index contributed by atoms with van der Waals surface area (Å²) in [5.41, 5.74) is 6.87. The van der Waals surface area contributed by atoms with E-state index in [-0.39, 0.29) is 6.10 Å². The number of aromatic amines is 1. The Morgan fingerprint density at radius 3 is 2.93 bits per heavy atom. The molecular formula is C8H11N5O. The van der Waals surface area contributed by atoms with Crippen molar-refractivity contribution in [2.45, 2.75) is 13.0 Å². The third-order valence-electron chi connectivity index (χ3n) is 2.07. The molecule has 6 heteroatoms. The summed E-state index contributed by atoms with van der Waals surface area (Å²) in [6.45, 7) is 1.89. The molecule has 0 fully saturated rings. The number of nitrogen functional groups attached to an aromatic ring is 1. The highest BCUT2D eigenvalue weighted by molar-refractivity contribution is 5.81. The molecule has 0 aromatic carbocycles. The quantitative estimate of drug-likeness (QED) is 0.730. The van der Waals surface area contributed by atoms with E-state index in [1.807, 2.05) is 6.92 Å². The van der Waals surface area contributed by atoms with Crippen molar-refractivity contribution < 1.29 is 4.74 Å². The molecule has 14 heavy (non-hydrogen) atoms. The average molecular weight is 193 g/mol. The molecule has 0 aliphatic carbocycles. The molecule has 1 unspecified atom stereocenters. The van der Waals surface area contributed by atoms with Crippen LogP contribution in [0.1, 0.15) is 18.9 Å². The molecule has 3 N–H and O–H groups in total. The third kappa shape index (κ3) is 1.29. The third-order valence-corrected chi connectivity index (χ3v) is 2.07. The lowest BCUT2D eigenvalue weighted by molar-refractivity contribution is 0.113. The number of rotatable bonds is 2. The molecule has 74 valence electrons. The lowest BCUT2D eigenvalue weighted by Gasteiger charge is -2.03.